The van der Waals surface area contributed by atoms with E-state index < -0.39 is 21.7 Å². The summed E-state index contributed by atoms with van der Waals surface area (Å²) in [5.74, 6) is -1.74. The van der Waals surface area contributed by atoms with Crippen molar-refractivity contribution in [3.63, 3.8) is 0 Å². The van der Waals surface area contributed by atoms with Crippen LogP contribution >= 0.6 is 11.6 Å². The van der Waals surface area contributed by atoms with E-state index in [2.05, 4.69) is 4.98 Å². The van der Waals surface area contributed by atoms with Crippen LogP contribution in [0.1, 0.15) is 5.89 Å². The molecule has 0 atom stereocenters. The Morgan fingerprint density at radius 1 is 1.04 bits per heavy atom. The zero-order valence-electron chi connectivity index (χ0n) is 14.6. The minimum atomic E-state index is -3.88. The molecule has 0 radical (unpaired) electrons. The highest BCUT2D eigenvalue weighted by Gasteiger charge is 2.29. The predicted molar refractivity (Wildman–Crippen MR) is 99.4 cm³/mol. The molecule has 28 heavy (non-hydrogen) atoms. The second kappa shape index (κ2) is 7.40. The van der Waals surface area contributed by atoms with Crippen molar-refractivity contribution in [1.29, 1.82) is 0 Å². The SMILES string of the molecule is O=S(=O)(c1ccc(F)c(F)c1)N1CCN(Cc2nc3cc(Cl)ccc3o2)CC1. The van der Waals surface area contributed by atoms with Crippen LogP contribution in [0.5, 0.6) is 0 Å². The first kappa shape index (κ1) is 19.3. The van der Waals surface area contributed by atoms with E-state index in [4.69, 9.17) is 16.0 Å². The van der Waals surface area contributed by atoms with Crippen LogP contribution in [0.2, 0.25) is 5.02 Å². The van der Waals surface area contributed by atoms with Gasteiger partial charge in [0.1, 0.15) is 5.52 Å². The van der Waals surface area contributed by atoms with Crippen LogP contribution < -0.4 is 0 Å². The smallest absolute Gasteiger partial charge is 0.243 e. The fourth-order valence-corrected chi connectivity index (χ4v) is 4.72. The quantitative estimate of drug-likeness (QED) is 0.639. The molecule has 1 aliphatic rings. The number of halogens is 3. The summed E-state index contributed by atoms with van der Waals surface area (Å²) in [4.78, 5) is 6.16. The second-order valence-corrected chi connectivity index (χ2v) is 8.85. The first-order valence-electron chi connectivity index (χ1n) is 8.55. The summed E-state index contributed by atoms with van der Waals surface area (Å²) in [6, 6.07) is 7.79. The number of aromatic nitrogens is 1. The van der Waals surface area contributed by atoms with Crippen LogP contribution in [0.3, 0.4) is 0 Å². The molecule has 0 spiro atoms. The van der Waals surface area contributed by atoms with E-state index in [-0.39, 0.29) is 18.0 Å². The topological polar surface area (TPSA) is 66.7 Å². The molecule has 3 aromatic rings. The highest BCUT2D eigenvalue weighted by Crippen LogP contribution is 2.23. The molecule has 0 N–H and O–H groups in total. The summed E-state index contributed by atoms with van der Waals surface area (Å²) in [6.07, 6.45) is 0. The third kappa shape index (κ3) is 3.75. The van der Waals surface area contributed by atoms with E-state index in [1.165, 1.54) is 4.31 Å². The highest BCUT2D eigenvalue weighted by atomic mass is 35.5. The maximum absolute atomic E-state index is 13.4. The number of sulfonamides is 1. The molecular weight excluding hydrogens is 412 g/mol. The van der Waals surface area contributed by atoms with E-state index in [0.29, 0.717) is 47.7 Å². The van der Waals surface area contributed by atoms with Gasteiger partial charge in [-0.2, -0.15) is 4.31 Å². The number of hydrogen-bond acceptors (Lipinski definition) is 5. The van der Waals surface area contributed by atoms with E-state index in [0.717, 1.165) is 12.1 Å². The van der Waals surface area contributed by atoms with Gasteiger partial charge in [-0.05, 0) is 36.4 Å². The molecule has 1 fully saturated rings. The van der Waals surface area contributed by atoms with Crippen molar-refractivity contribution in [3.8, 4) is 0 Å². The van der Waals surface area contributed by atoms with Gasteiger partial charge in [0, 0.05) is 31.2 Å². The van der Waals surface area contributed by atoms with Crippen molar-refractivity contribution in [1.82, 2.24) is 14.2 Å². The lowest BCUT2D eigenvalue weighted by Gasteiger charge is -2.33. The molecule has 148 valence electrons. The Morgan fingerprint density at radius 3 is 2.50 bits per heavy atom. The number of nitrogens with zero attached hydrogens (tertiary/aromatic N) is 3. The van der Waals surface area contributed by atoms with Crippen LogP contribution in [-0.2, 0) is 16.6 Å². The monoisotopic (exact) mass is 427 g/mol. The summed E-state index contributed by atoms with van der Waals surface area (Å²) < 4.78 is 58.7. The first-order valence-corrected chi connectivity index (χ1v) is 10.4. The molecule has 10 heteroatoms. The minimum absolute atomic E-state index is 0.230. The Morgan fingerprint density at radius 2 is 1.79 bits per heavy atom. The van der Waals surface area contributed by atoms with Gasteiger partial charge in [0.15, 0.2) is 17.2 Å². The van der Waals surface area contributed by atoms with Crippen molar-refractivity contribution < 1.29 is 21.6 Å². The van der Waals surface area contributed by atoms with E-state index in [9.17, 15) is 17.2 Å². The highest BCUT2D eigenvalue weighted by molar-refractivity contribution is 7.89. The van der Waals surface area contributed by atoms with Gasteiger partial charge in [-0.25, -0.2) is 22.2 Å². The number of piperazine rings is 1. The van der Waals surface area contributed by atoms with Gasteiger partial charge in [-0.3, -0.25) is 4.90 Å². The van der Waals surface area contributed by atoms with Gasteiger partial charge in [0.05, 0.1) is 11.4 Å². The molecule has 4 rings (SSSR count). The van der Waals surface area contributed by atoms with Crippen molar-refractivity contribution in [3.05, 3.63) is 58.9 Å². The van der Waals surface area contributed by atoms with Crippen LogP contribution in [0.25, 0.3) is 11.1 Å². The maximum atomic E-state index is 13.4. The average molecular weight is 428 g/mol. The van der Waals surface area contributed by atoms with Crippen LogP contribution in [0, 0.1) is 11.6 Å². The number of benzene rings is 2. The average Bonchev–Trinajstić information content (AvgIpc) is 3.05. The fourth-order valence-electron chi connectivity index (χ4n) is 3.12. The largest absolute Gasteiger partial charge is 0.439 e. The Balaban J connectivity index is 1.42. The molecule has 0 amide bonds. The third-order valence-corrected chi connectivity index (χ3v) is 6.74. The number of rotatable bonds is 4. The third-order valence-electron chi connectivity index (χ3n) is 4.61. The Labute approximate surface area is 165 Å². The minimum Gasteiger partial charge on any atom is -0.439 e. The summed E-state index contributed by atoms with van der Waals surface area (Å²) in [6.45, 7) is 1.82. The van der Waals surface area contributed by atoms with Crippen LogP contribution in [0.15, 0.2) is 45.7 Å². The van der Waals surface area contributed by atoms with Gasteiger partial charge in [-0.15, -0.1) is 0 Å². The zero-order chi connectivity index (χ0) is 19.9. The molecule has 2 heterocycles. The molecule has 1 saturated heterocycles. The lowest BCUT2D eigenvalue weighted by atomic mass is 10.3. The normalized spacial score (nSPS) is 16.7. The molecule has 1 aliphatic heterocycles. The second-order valence-electron chi connectivity index (χ2n) is 6.48. The molecule has 1 aromatic heterocycles. The Hall–Kier alpha value is -2.07. The summed E-state index contributed by atoms with van der Waals surface area (Å²) in [5.41, 5.74) is 1.31. The van der Waals surface area contributed by atoms with Gasteiger partial charge in [0.2, 0.25) is 15.9 Å². The van der Waals surface area contributed by atoms with Gasteiger partial charge >= 0.3 is 0 Å². The molecular formula is C18H16ClF2N3O3S. The van der Waals surface area contributed by atoms with Crippen molar-refractivity contribution in [2.24, 2.45) is 0 Å². The lowest BCUT2D eigenvalue weighted by Crippen LogP contribution is -2.48. The predicted octanol–water partition coefficient (Wildman–Crippen LogP) is 3.27. The van der Waals surface area contributed by atoms with Crippen LogP contribution in [-0.4, -0.2) is 48.8 Å². The van der Waals surface area contributed by atoms with Gasteiger partial charge in [0.25, 0.3) is 0 Å². The molecule has 6 nitrogen and oxygen atoms in total. The molecule has 0 saturated carbocycles. The Bertz CT molecular complexity index is 1130. The number of oxazole rings is 1. The molecule has 0 unspecified atom stereocenters. The van der Waals surface area contributed by atoms with E-state index >= 15 is 0 Å². The summed E-state index contributed by atoms with van der Waals surface area (Å²) in [7, 11) is -3.88. The van der Waals surface area contributed by atoms with Gasteiger partial charge < -0.3 is 4.42 Å². The summed E-state index contributed by atoms with van der Waals surface area (Å²) in [5, 5.41) is 0.573. The fraction of sp³-hybridized carbons (Fsp3) is 0.278. The zero-order valence-corrected chi connectivity index (χ0v) is 16.2. The molecule has 0 bridgehead atoms. The van der Waals surface area contributed by atoms with Crippen molar-refractivity contribution >= 4 is 32.7 Å². The number of fused-ring (bicyclic) bond motifs is 1. The van der Waals surface area contributed by atoms with E-state index in [1.807, 2.05) is 4.90 Å². The molecule has 2 aromatic carbocycles. The molecule has 0 aliphatic carbocycles. The van der Waals surface area contributed by atoms with Crippen LogP contribution in [0.4, 0.5) is 8.78 Å². The lowest BCUT2D eigenvalue weighted by molar-refractivity contribution is 0.169. The van der Waals surface area contributed by atoms with Crippen molar-refractivity contribution in [2.75, 3.05) is 26.2 Å². The summed E-state index contributed by atoms with van der Waals surface area (Å²) >= 11 is 5.95. The first-order chi connectivity index (χ1) is 13.3. The van der Waals surface area contributed by atoms with Crippen molar-refractivity contribution in [2.45, 2.75) is 11.4 Å². The Kier molecular flexibility index (Phi) is 5.09. The van der Waals surface area contributed by atoms with E-state index in [1.54, 1.807) is 18.2 Å². The standard InChI is InChI=1S/C18H16ClF2N3O3S/c19-12-1-4-17-16(9-12)22-18(27-17)11-23-5-7-24(8-6-23)28(25,26)13-2-3-14(20)15(21)10-13/h1-4,9-10H,5-8,11H2. The van der Waals surface area contributed by atoms with Gasteiger partial charge in [-0.1, -0.05) is 11.6 Å². The maximum Gasteiger partial charge on any atom is 0.243 e. The number of hydrogen-bond donors (Lipinski definition) is 0.